The number of ether oxygens (including phenoxy) is 2. The number of nitrogens with zero attached hydrogens (tertiary/aromatic N) is 7. The van der Waals surface area contributed by atoms with Crippen LogP contribution in [0.3, 0.4) is 0 Å². The number of phenolic OH excluding ortho intramolecular Hbond substituents is 1. The van der Waals surface area contributed by atoms with Crippen molar-refractivity contribution in [3.05, 3.63) is 83.2 Å². The molecule has 9 heterocycles. The monoisotopic (exact) mass is 964 g/mol. The van der Waals surface area contributed by atoms with Gasteiger partial charge in [0.05, 0.1) is 41.9 Å². The van der Waals surface area contributed by atoms with Gasteiger partial charge in [-0.2, -0.15) is 9.97 Å². The molecular formula is C54H56F2N9O6+. The summed E-state index contributed by atoms with van der Waals surface area (Å²) in [4.78, 5) is 56.3. The minimum Gasteiger partial charge on any atom is -0.508 e. The van der Waals surface area contributed by atoms with E-state index in [1.807, 2.05) is 18.1 Å². The average molecular weight is 965 g/mol. The molecule has 3 amide bonds. The number of amides is 3. The van der Waals surface area contributed by atoms with Gasteiger partial charge in [0.15, 0.2) is 5.82 Å². The van der Waals surface area contributed by atoms with Crippen molar-refractivity contribution in [1.29, 1.82) is 0 Å². The third-order valence-electron chi connectivity index (χ3n) is 16.7. The van der Waals surface area contributed by atoms with Crippen molar-refractivity contribution in [3.63, 3.8) is 0 Å². The highest BCUT2D eigenvalue weighted by atomic mass is 19.1. The lowest BCUT2D eigenvalue weighted by Gasteiger charge is -2.36. The SMILES string of the molecule is C#Cc1c(F)ccc2cc(O)cc(-c3ncc4c(N5CC6CCC(C5)N6)nc(OC[N+]56CCCC5C(COC(=O)N5CCC(c7ccc8c(C9CCC(=O)NC9=O)cn(C)c8c7)CC5)CC6)nc4c3F)c12. The highest BCUT2D eigenvalue weighted by Gasteiger charge is 2.52. The molecule has 0 aliphatic carbocycles. The van der Waals surface area contributed by atoms with Crippen molar-refractivity contribution in [3.8, 4) is 35.4 Å². The molecule has 0 saturated carbocycles. The molecule has 6 fully saturated rings. The van der Waals surface area contributed by atoms with Crippen LogP contribution in [0.25, 0.3) is 43.8 Å². The number of benzene rings is 3. The zero-order chi connectivity index (χ0) is 48.7. The number of piperidine rings is 2. The Labute approximate surface area is 409 Å². The molecule has 17 heteroatoms. The Hall–Kier alpha value is -6.90. The maximum atomic E-state index is 17.2. The highest BCUT2D eigenvalue weighted by Crippen LogP contribution is 2.43. The molecule has 3 N–H and O–H groups in total. The molecule has 6 aromatic rings. The third-order valence-corrected chi connectivity index (χ3v) is 16.7. The van der Waals surface area contributed by atoms with Crippen LogP contribution in [0.2, 0.25) is 0 Å². The molecule has 366 valence electrons. The number of aryl methyl sites for hydroxylation is 1. The van der Waals surface area contributed by atoms with Gasteiger partial charge in [0.1, 0.15) is 35.2 Å². The van der Waals surface area contributed by atoms with E-state index in [-0.39, 0.29) is 100 Å². The summed E-state index contributed by atoms with van der Waals surface area (Å²) in [7, 11) is 1.98. The van der Waals surface area contributed by atoms with Crippen molar-refractivity contribution < 1.29 is 42.2 Å². The zero-order valence-corrected chi connectivity index (χ0v) is 39.6. The van der Waals surface area contributed by atoms with E-state index in [1.165, 1.54) is 29.8 Å². The normalized spacial score (nSPS) is 25.5. The fourth-order valence-corrected chi connectivity index (χ4v) is 13.1. The second-order valence-electron chi connectivity index (χ2n) is 20.7. The quantitative estimate of drug-likeness (QED) is 0.0769. The Balaban J connectivity index is 0.734. The summed E-state index contributed by atoms with van der Waals surface area (Å²) in [6.45, 7) is 4.85. The highest BCUT2D eigenvalue weighted by molar-refractivity contribution is 6.04. The molecule has 6 unspecified atom stereocenters. The van der Waals surface area contributed by atoms with Crippen LogP contribution in [0, 0.1) is 29.9 Å². The number of carbonyl (C=O) groups is 3. The molecule has 0 radical (unpaired) electrons. The molecule has 6 aliphatic heterocycles. The Kier molecular flexibility index (Phi) is 11.3. The van der Waals surface area contributed by atoms with E-state index < -0.39 is 11.6 Å². The van der Waals surface area contributed by atoms with Gasteiger partial charge in [0.25, 0.3) is 0 Å². The van der Waals surface area contributed by atoms with Gasteiger partial charge < -0.3 is 34.3 Å². The van der Waals surface area contributed by atoms with Gasteiger partial charge in [-0.05, 0) is 78.8 Å². The molecule has 6 aliphatic rings. The first-order chi connectivity index (χ1) is 34.4. The topological polar surface area (TPSA) is 164 Å². The Morgan fingerprint density at radius 1 is 0.972 bits per heavy atom. The zero-order valence-electron chi connectivity index (χ0n) is 39.6. The van der Waals surface area contributed by atoms with Crippen molar-refractivity contribution in [2.45, 2.75) is 87.7 Å². The lowest BCUT2D eigenvalue weighted by atomic mass is 9.87. The number of imide groups is 1. The summed E-state index contributed by atoms with van der Waals surface area (Å²) in [6.07, 6.45) is 16.4. The average Bonchev–Trinajstić information content (AvgIpc) is 4.13. The Morgan fingerprint density at radius 3 is 2.58 bits per heavy atom. The number of hydrogen-bond acceptors (Lipinski definition) is 11. The van der Waals surface area contributed by atoms with Crippen LogP contribution in [-0.4, -0.2) is 123 Å². The van der Waals surface area contributed by atoms with Gasteiger partial charge in [0.2, 0.25) is 18.5 Å². The van der Waals surface area contributed by atoms with E-state index in [0.717, 1.165) is 74.5 Å². The van der Waals surface area contributed by atoms with Crippen LogP contribution in [0.5, 0.6) is 11.8 Å². The first-order valence-corrected chi connectivity index (χ1v) is 25.1. The van der Waals surface area contributed by atoms with Gasteiger partial charge in [-0.1, -0.05) is 24.1 Å². The van der Waals surface area contributed by atoms with Gasteiger partial charge in [-0.3, -0.25) is 24.4 Å². The predicted molar refractivity (Wildman–Crippen MR) is 262 cm³/mol. The fourth-order valence-electron chi connectivity index (χ4n) is 13.1. The van der Waals surface area contributed by atoms with E-state index in [2.05, 4.69) is 49.2 Å². The number of nitrogens with one attached hydrogen (secondary N) is 2. The third kappa shape index (κ3) is 7.95. The van der Waals surface area contributed by atoms with Crippen LogP contribution < -0.4 is 20.3 Å². The minimum absolute atomic E-state index is 0.00190. The summed E-state index contributed by atoms with van der Waals surface area (Å²) in [5, 5.41) is 19.0. The number of rotatable bonds is 9. The summed E-state index contributed by atoms with van der Waals surface area (Å²) in [5.41, 5.74) is 3.15. The van der Waals surface area contributed by atoms with Crippen LogP contribution in [0.1, 0.15) is 86.3 Å². The Morgan fingerprint density at radius 2 is 1.79 bits per heavy atom. The van der Waals surface area contributed by atoms with Crippen LogP contribution in [0.4, 0.5) is 19.4 Å². The summed E-state index contributed by atoms with van der Waals surface area (Å²) >= 11 is 0. The molecule has 6 atom stereocenters. The molecule has 15 nitrogen and oxygen atoms in total. The number of halogens is 2. The first kappa shape index (κ1) is 45.3. The number of pyridine rings is 1. The number of phenols is 1. The van der Waals surface area contributed by atoms with E-state index in [0.29, 0.717) is 66.7 Å². The smallest absolute Gasteiger partial charge is 0.409 e. The maximum absolute atomic E-state index is 17.2. The van der Waals surface area contributed by atoms with Gasteiger partial charge in [0, 0.05) is 105 Å². The molecule has 2 bridgehead atoms. The van der Waals surface area contributed by atoms with E-state index >= 15 is 8.78 Å². The van der Waals surface area contributed by atoms with Crippen molar-refractivity contribution >= 4 is 56.3 Å². The number of fused-ring (bicyclic) bond motifs is 6. The van der Waals surface area contributed by atoms with E-state index in [4.69, 9.17) is 25.9 Å². The predicted octanol–water partition coefficient (Wildman–Crippen LogP) is 7.11. The second kappa shape index (κ2) is 17.7. The number of aromatic hydroxyl groups is 1. The number of terminal acetylenes is 1. The summed E-state index contributed by atoms with van der Waals surface area (Å²) in [5.74, 6) is 0.999. The number of piperazine rings is 1. The fraction of sp³-hybridized carbons (Fsp3) is 0.444. The number of quaternary nitrogens is 1. The van der Waals surface area contributed by atoms with Crippen LogP contribution in [-0.2, 0) is 21.4 Å². The van der Waals surface area contributed by atoms with Crippen molar-refractivity contribution in [1.82, 2.24) is 35.1 Å². The number of hydrogen-bond donors (Lipinski definition) is 3. The molecule has 71 heavy (non-hydrogen) atoms. The number of carbonyl (C=O) groups excluding carboxylic acids is 3. The van der Waals surface area contributed by atoms with Crippen LogP contribution in [0.15, 0.2) is 54.9 Å². The standard InChI is InChI=1S/C54H55F2N9O6/c1-3-37-43(55)12-7-32-21-36(66)23-40(47(32)37)49-48(56)50-41(24-57-49)51(64-25-34-8-9-35(26-64)58-34)61-53(60-50)71-29-65-19-4-5-45(65)33(16-20-65)28-70-54(69)63-17-14-30(15-18-63)31-6-10-38-42(27-62(2)44(38)22-31)39-11-13-46(67)59-52(39)68/h1,6-7,10,12,21-24,27,30,33-35,39,45,58H,4-5,8-9,11,13-20,25-26,28-29H2,2H3,(H-,59,66,67,68)/p+1. The molecular weight excluding hydrogens is 909 g/mol. The van der Waals surface area contributed by atoms with Crippen LogP contribution >= 0.6 is 0 Å². The van der Waals surface area contributed by atoms with Gasteiger partial charge in [-0.25, -0.2) is 13.6 Å². The number of likely N-dealkylation sites (tertiary alicyclic amines) is 1. The molecule has 6 saturated heterocycles. The molecule has 12 rings (SSSR count). The summed E-state index contributed by atoms with van der Waals surface area (Å²) < 4.78 is 47.7. The van der Waals surface area contributed by atoms with Gasteiger partial charge in [-0.15, -0.1) is 6.42 Å². The minimum atomic E-state index is -0.762. The lowest BCUT2D eigenvalue weighted by Crippen LogP contribution is -2.52. The largest absolute Gasteiger partial charge is 0.508 e. The lowest BCUT2D eigenvalue weighted by molar-refractivity contribution is -0.943. The molecule has 3 aromatic carbocycles. The second-order valence-corrected chi connectivity index (χ2v) is 20.7. The summed E-state index contributed by atoms with van der Waals surface area (Å²) in [6, 6.07) is 12.7. The van der Waals surface area contributed by atoms with Crippen molar-refractivity contribution in [2.24, 2.45) is 13.0 Å². The Bertz CT molecular complexity index is 3210. The van der Waals surface area contributed by atoms with E-state index in [1.54, 1.807) is 6.20 Å². The maximum Gasteiger partial charge on any atom is 0.409 e. The first-order valence-electron chi connectivity index (χ1n) is 25.1. The van der Waals surface area contributed by atoms with Gasteiger partial charge >= 0.3 is 12.1 Å². The molecule has 3 aromatic heterocycles. The van der Waals surface area contributed by atoms with E-state index in [9.17, 15) is 19.5 Å². The number of aromatic nitrogens is 4. The van der Waals surface area contributed by atoms with Crippen molar-refractivity contribution in [2.75, 3.05) is 57.5 Å². The number of anilines is 1. The molecule has 0 spiro atoms.